The lowest BCUT2D eigenvalue weighted by atomic mass is 10.1. The molecule has 192 valence electrons. The molecule has 8 bridgehead atoms. The van der Waals surface area contributed by atoms with Gasteiger partial charge in [0, 0.05) is 43.8 Å². The van der Waals surface area contributed by atoms with Gasteiger partial charge in [0.25, 0.3) is 0 Å². The molecule has 1 aliphatic heterocycles. The van der Waals surface area contributed by atoms with Crippen molar-refractivity contribution >= 4 is 67.0 Å². The van der Waals surface area contributed by atoms with E-state index in [9.17, 15) is 0 Å². The normalized spacial score (nSPS) is 12.0. The summed E-state index contributed by atoms with van der Waals surface area (Å²) >= 11 is 2.30. The fourth-order valence-electron chi connectivity index (χ4n) is 5.82. The number of fused-ring (bicyclic) bond motifs is 20. The van der Waals surface area contributed by atoms with E-state index in [4.69, 9.17) is 24.9 Å². The first-order valence-electron chi connectivity index (χ1n) is 13.2. The number of hydrogen-bond donors (Lipinski definition) is 1. The fraction of sp³-hybridized carbons (Fsp3) is 0. The predicted molar refractivity (Wildman–Crippen MR) is 171 cm³/mol. The molecule has 0 unspecified atom stereocenters. The number of nitrogens with one attached hydrogen (secondary N) is 1. The summed E-state index contributed by atoms with van der Waals surface area (Å²) in [4.78, 5) is 29.1. The Morgan fingerprint density at radius 2 is 0.927 bits per heavy atom. The van der Waals surface area contributed by atoms with Crippen molar-refractivity contribution in [2.75, 3.05) is 0 Å². The topological polar surface area (TPSA) is 85.2 Å². The number of rotatable bonds is 0. The monoisotopic (exact) mass is 639 g/mol. The van der Waals surface area contributed by atoms with E-state index in [0.29, 0.717) is 17.3 Å². The Morgan fingerprint density at radius 3 is 1.56 bits per heavy atom. The Labute approximate surface area is 247 Å². The number of hydrogen-bond acceptors (Lipinski definition) is 5. The zero-order valence-corrected chi connectivity index (χ0v) is 23.5. The average Bonchev–Trinajstić information content (AvgIpc) is 3.72. The average molecular weight is 639 g/mol. The smallest absolute Gasteiger partial charge is 0.164 e. The Balaban J connectivity index is 1.53. The highest BCUT2D eigenvalue weighted by Gasteiger charge is 2.21. The van der Waals surface area contributed by atoms with E-state index in [2.05, 4.69) is 70.3 Å². The van der Waals surface area contributed by atoms with Crippen molar-refractivity contribution in [3.63, 3.8) is 0 Å². The molecule has 3 aromatic heterocycles. The van der Waals surface area contributed by atoms with Gasteiger partial charge < -0.3 is 4.98 Å². The maximum absolute atomic E-state index is 5.24. The minimum Gasteiger partial charge on any atom is -0.324 e. The minimum absolute atomic E-state index is 0.617. The van der Waals surface area contributed by atoms with Crippen LogP contribution in [-0.2, 0) is 0 Å². The van der Waals surface area contributed by atoms with Crippen molar-refractivity contribution in [2.45, 2.75) is 0 Å². The molecule has 0 saturated carbocycles. The largest absolute Gasteiger partial charge is 0.324 e. The highest BCUT2D eigenvalue weighted by atomic mass is 127. The first-order valence-corrected chi connectivity index (χ1v) is 14.2. The second-order valence-corrected chi connectivity index (χ2v) is 11.0. The molecule has 0 amide bonds. The lowest BCUT2D eigenvalue weighted by molar-refractivity contribution is 1.21. The summed E-state index contributed by atoms with van der Waals surface area (Å²) in [6.45, 7) is 0. The van der Waals surface area contributed by atoms with Gasteiger partial charge in [0.05, 0.1) is 34.3 Å². The Bertz CT molecular complexity index is 2240. The van der Waals surface area contributed by atoms with E-state index >= 15 is 0 Å². The number of aromatic amines is 1. The third kappa shape index (κ3) is 3.34. The number of nitrogens with zero attached hydrogens (tertiary/aromatic N) is 6. The summed E-state index contributed by atoms with van der Waals surface area (Å²) in [6, 6.07) is 34.9. The van der Waals surface area contributed by atoms with Crippen LogP contribution in [0.25, 0.3) is 89.4 Å². The minimum atomic E-state index is 0.617. The van der Waals surface area contributed by atoms with Crippen molar-refractivity contribution in [3.05, 3.63) is 103 Å². The van der Waals surface area contributed by atoms with Crippen LogP contribution in [-0.4, -0.2) is 32.7 Å². The molecule has 2 aliphatic rings. The van der Waals surface area contributed by atoms with Crippen LogP contribution in [0.2, 0.25) is 0 Å². The molecule has 4 aromatic carbocycles. The lowest BCUT2D eigenvalue weighted by Gasteiger charge is -1.99. The molecule has 1 N–H and O–H groups in total. The molecule has 0 radical (unpaired) electrons. The first kappa shape index (κ1) is 22.8. The second-order valence-electron chi connectivity index (χ2n) is 10.1. The van der Waals surface area contributed by atoms with E-state index < -0.39 is 0 Å². The van der Waals surface area contributed by atoms with Crippen LogP contribution in [0.15, 0.2) is 103 Å². The van der Waals surface area contributed by atoms with E-state index in [0.717, 1.165) is 72.1 Å². The van der Waals surface area contributed by atoms with Gasteiger partial charge in [-0.15, -0.1) is 0 Å². The molecular formula is C33H18IN7. The summed E-state index contributed by atoms with van der Waals surface area (Å²) in [5, 5.41) is 4.01. The maximum Gasteiger partial charge on any atom is 0.164 e. The standard InChI is InChI=1S/C33H18IN7/c34-41-32-24-15-7-8-16-25(24)33(41)40-31-23-14-6-5-13-22(23)30(39-31)38-29-21-12-4-3-11-20(21)28(37-29)35-26-17-27(36-32)19-10-2-1-9-18(19)26/h1-17H,(H,35,37,38,39,40). The van der Waals surface area contributed by atoms with Crippen molar-refractivity contribution < 1.29 is 0 Å². The number of halogens is 1. The summed E-state index contributed by atoms with van der Waals surface area (Å²) < 4.78 is 2.03. The molecule has 9 rings (SSSR count). The lowest BCUT2D eigenvalue weighted by Crippen LogP contribution is -1.87. The molecule has 0 spiro atoms. The Hall–Kier alpha value is -4.96. The SMILES string of the molecule is In1c2nc3cc(nc4[nH]c(nc5nc(nc1c1ccccc12)-c1ccccc1-5)c1ccccc41)-c1ccccc1-3. The van der Waals surface area contributed by atoms with Gasteiger partial charge >= 0.3 is 0 Å². The summed E-state index contributed by atoms with van der Waals surface area (Å²) in [6.07, 6.45) is 0. The molecule has 0 fully saturated rings. The van der Waals surface area contributed by atoms with Crippen LogP contribution < -0.4 is 0 Å². The zero-order chi connectivity index (χ0) is 27.1. The fourth-order valence-corrected chi connectivity index (χ4v) is 6.55. The molecule has 7 aromatic rings. The molecule has 4 heterocycles. The highest BCUT2D eigenvalue weighted by Crippen LogP contribution is 2.39. The number of benzene rings is 4. The van der Waals surface area contributed by atoms with Gasteiger partial charge in [0.2, 0.25) is 0 Å². The molecule has 41 heavy (non-hydrogen) atoms. The summed E-state index contributed by atoms with van der Waals surface area (Å²) in [7, 11) is 0. The van der Waals surface area contributed by atoms with Crippen LogP contribution in [0.1, 0.15) is 0 Å². The Morgan fingerprint density at radius 1 is 0.463 bits per heavy atom. The van der Waals surface area contributed by atoms with Crippen molar-refractivity contribution in [1.29, 1.82) is 0 Å². The van der Waals surface area contributed by atoms with E-state index in [1.807, 2.05) is 63.4 Å². The van der Waals surface area contributed by atoms with E-state index in [-0.39, 0.29) is 0 Å². The van der Waals surface area contributed by atoms with Gasteiger partial charge in [-0.25, -0.2) is 27.7 Å². The van der Waals surface area contributed by atoms with E-state index in [1.165, 1.54) is 0 Å². The molecule has 8 heteroatoms. The van der Waals surface area contributed by atoms with Crippen LogP contribution in [0.5, 0.6) is 0 Å². The predicted octanol–water partition coefficient (Wildman–Crippen LogP) is 8.15. The number of aromatic nitrogens is 7. The molecule has 0 saturated heterocycles. The zero-order valence-electron chi connectivity index (χ0n) is 21.4. The van der Waals surface area contributed by atoms with Crippen LogP contribution in [0.4, 0.5) is 0 Å². The van der Waals surface area contributed by atoms with Gasteiger partial charge in [0.15, 0.2) is 22.9 Å². The van der Waals surface area contributed by atoms with E-state index in [1.54, 1.807) is 0 Å². The Kier molecular flexibility index (Phi) is 4.74. The van der Waals surface area contributed by atoms with Crippen molar-refractivity contribution in [2.24, 2.45) is 0 Å². The quantitative estimate of drug-likeness (QED) is 0.169. The molecule has 7 nitrogen and oxygen atoms in total. The van der Waals surface area contributed by atoms with Crippen LogP contribution >= 0.6 is 22.9 Å². The van der Waals surface area contributed by atoms with Gasteiger partial charge in [-0.2, -0.15) is 0 Å². The molecule has 0 atom stereocenters. The van der Waals surface area contributed by atoms with Crippen LogP contribution in [0, 0.1) is 0 Å². The van der Waals surface area contributed by atoms with Crippen molar-refractivity contribution in [1.82, 2.24) is 32.7 Å². The van der Waals surface area contributed by atoms with Gasteiger partial charge in [-0.3, -0.25) is 0 Å². The third-order valence-corrected chi connectivity index (χ3v) is 8.63. The third-order valence-electron chi connectivity index (χ3n) is 7.72. The maximum atomic E-state index is 5.24. The second kappa shape index (κ2) is 8.52. The number of H-pyrrole nitrogens is 1. The first-order chi connectivity index (χ1) is 20.2. The molecular weight excluding hydrogens is 621 g/mol. The van der Waals surface area contributed by atoms with Gasteiger partial charge in [0.1, 0.15) is 11.3 Å². The summed E-state index contributed by atoms with van der Waals surface area (Å²) in [5.41, 5.74) is 8.77. The van der Waals surface area contributed by atoms with Gasteiger partial charge in [-0.05, 0) is 6.07 Å². The highest BCUT2D eigenvalue weighted by molar-refractivity contribution is 14.1. The molecule has 1 aliphatic carbocycles. The van der Waals surface area contributed by atoms with Crippen LogP contribution in [0.3, 0.4) is 0 Å². The summed E-state index contributed by atoms with van der Waals surface area (Å²) in [5.74, 6) is 1.24. The van der Waals surface area contributed by atoms with Gasteiger partial charge in [-0.1, -0.05) is 97.1 Å². The van der Waals surface area contributed by atoms with Crippen molar-refractivity contribution in [3.8, 4) is 45.3 Å².